The van der Waals surface area contributed by atoms with Crippen molar-refractivity contribution >= 4 is 5.78 Å². The summed E-state index contributed by atoms with van der Waals surface area (Å²) >= 11 is 0. The maximum absolute atomic E-state index is 11.6. The van der Waals surface area contributed by atoms with E-state index in [9.17, 15) is 4.79 Å². The zero-order valence-corrected chi connectivity index (χ0v) is 12.2. The smallest absolute Gasteiger partial charge is 0.133 e. The van der Waals surface area contributed by atoms with Crippen LogP contribution in [0.15, 0.2) is 0 Å². The van der Waals surface area contributed by atoms with Crippen LogP contribution < -0.4 is 0 Å². The first-order valence-electron chi connectivity index (χ1n) is 6.62. The van der Waals surface area contributed by atoms with Gasteiger partial charge < -0.3 is 0 Å². The average Bonchev–Trinajstić information content (AvgIpc) is 1.97. The Kier molecular flexibility index (Phi) is 6.28. The van der Waals surface area contributed by atoms with Crippen LogP contribution >= 0.6 is 0 Å². The van der Waals surface area contributed by atoms with Crippen molar-refractivity contribution in [3.8, 4) is 0 Å². The SMILES string of the molecule is CC(C)(C)CCCCCC(=O)CC(C)(C)C. The monoisotopic (exact) mass is 226 g/mol. The minimum atomic E-state index is 0.155. The van der Waals surface area contributed by atoms with E-state index in [1.165, 1.54) is 19.3 Å². The zero-order chi connectivity index (χ0) is 12.8. The molecule has 0 rings (SSSR count). The highest BCUT2D eigenvalue weighted by atomic mass is 16.1. The average molecular weight is 226 g/mol. The fourth-order valence-corrected chi connectivity index (χ4v) is 1.83. The van der Waals surface area contributed by atoms with Crippen molar-refractivity contribution in [2.75, 3.05) is 0 Å². The second-order valence-electron chi connectivity index (χ2n) is 7.40. The van der Waals surface area contributed by atoms with E-state index in [1.807, 2.05) is 0 Å². The van der Waals surface area contributed by atoms with Crippen molar-refractivity contribution in [2.24, 2.45) is 10.8 Å². The summed E-state index contributed by atoms with van der Waals surface area (Å²) in [7, 11) is 0. The van der Waals surface area contributed by atoms with Gasteiger partial charge in [0.2, 0.25) is 0 Å². The molecule has 1 heteroatoms. The lowest BCUT2D eigenvalue weighted by molar-refractivity contribution is -0.120. The number of ketones is 1. The highest BCUT2D eigenvalue weighted by Gasteiger charge is 2.15. The molecule has 0 unspecified atom stereocenters. The number of Topliss-reactive ketones (excluding diaryl/α,β-unsaturated/α-hetero) is 1. The summed E-state index contributed by atoms with van der Waals surface area (Å²) in [5.41, 5.74) is 0.595. The van der Waals surface area contributed by atoms with Crippen molar-refractivity contribution in [3.05, 3.63) is 0 Å². The Bertz CT molecular complexity index is 202. The molecule has 0 aromatic heterocycles. The normalized spacial score (nSPS) is 12.9. The van der Waals surface area contributed by atoms with Crippen LogP contribution in [0.2, 0.25) is 0 Å². The van der Waals surface area contributed by atoms with Gasteiger partial charge in [-0.3, -0.25) is 4.79 Å². The van der Waals surface area contributed by atoms with Crippen LogP contribution in [0.1, 0.15) is 80.1 Å². The molecule has 0 N–H and O–H groups in total. The van der Waals surface area contributed by atoms with Gasteiger partial charge in [-0.2, -0.15) is 0 Å². The second kappa shape index (κ2) is 6.42. The van der Waals surface area contributed by atoms with Gasteiger partial charge >= 0.3 is 0 Å². The molecule has 0 aliphatic rings. The number of unbranched alkanes of at least 4 members (excludes halogenated alkanes) is 2. The first-order valence-corrected chi connectivity index (χ1v) is 6.62. The maximum Gasteiger partial charge on any atom is 0.133 e. The number of rotatable bonds is 6. The van der Waals surface area contributed by atoms with Gasteiger partial charge in [-0.25, -0.2) is 0 Å². The number of hydrogen-bond acceptors (Lipinski definition) is 1. The molecule has 0 radical (unpaired) electrons. The quantitative estimate of drug-likeness (QED) is 0.583. The predicted octanol–water partition coefficient (Wildman–Crippen LogP) is 4.99. The third-order valence-corrected chi connectivity index (χ3v) is 2.61. The molecule has 0 saturated carbocycles. The molecule has 0 amide bonds. The van der Waals surface area contributed by atoms with E-state index in [0.717, 1.165) is 19.3 Å². The van der Waals surface area contributed by atoms with Crippen LogP contribution in [0.5, 0.6) is 0 Å². The van der Waals surface area contributed by atoms with Crippen molar-refractivity contribution in [1.82, 2.24) is 0 Å². The standard InChI is InChI=1S/C15H30O/c1-14(2,3)11-9-7-8-10-13(16)12-15(4,5)6/h7-12H2,1-6H3. The molecule has 0 fully saturated rings. The molecule has 0 aromatic carbocycles. The fourth-order valence-electron chi connectivity index (χ4n) is 1.83. The molecule has 0 atom stereocenters. The van der Waals surface area contributed by atoms with Crippen molar-refractivity contribution in [2.45, 2.75) is 80.1 Å². The molecule has 1 nitrogen and oxygen atoms in total. The van der Waals surface area contributed by atoms with Crippen LogP contribution in [0, 0.1) is 10.8 Å². The van der Waals surface area contributed by atoms with Crippen LogP contribution in [0.3, 0.4) is 0 Å². The summed E-state index contributed by atoms with van der Waals surface area (Å²) < 4.78 is 0. The first-order chi connectivity index (χ1) is 7.10. The lowest BCUT2D eigenvalue weighted by Gasteiger charge is -2.18. The van der Waals surface area contributed by atoms with E-state index in [4.69, 9.17) is 0 Å². The Morgan fingerprint density at radius 2 is 1.38 bits per heavy atom. The van der Waals surface area contributed by atoms with Crippen molar-refractivity contribution in [3.63, 3.8) is 0 Å². The van der Waals surface area contributed by atoms with E-state index in [2.05, 4.69) is 41.5 Å². The molecule has 0 bridgehead atoms. The minimum absolute atomic E-state index is 0.155. The lowest BCUT2D eigenvalue weighted by atomic mass is 9.87. The third-order valence-electron chi connectivity index (χ3n) is 2.61. The van der Waals surface area contributed by atoms with Gasteiger partial charge in [0.15, 0.2) is 0 Å². The van der Waals surface area contributed by atoms with Crippen LogP contribution in [0.25, 0.3) is 0 Å². The molecule has 0 aliphatic carbocycles. The number of carbonyl (C=O) groups is 1. The van der Waals surface area contributed by atoms with Crippen molar-refractivity contribution < 1.29 is 4.79 Å². The van der Waals surface area contributed by atoms with Gasteiger partial charge in [0.05, 0.1) is 0 Å². The summed E-state index contributed by atoms with van der Waals surface area (Å²) in [5, 5.41) is 0. The molecule has 0 spiro atoms. The van der Waals surface area contributed by atoms with E-state index in [0.29, 0.717) is 11.2 Å². The van der Waals surface area contributed by atoms with Crippen LogP contribution in [-0.4, -0.2) is 5.78 Å². The number of hydrogen-bond donors (Lipinski definition) is 0. The van der Waals surface area contributed by atoms with Gasteiger partial charge in [0.1, 0.15) is 5.78 Å². The predicted molar refractivity (Wildman–Crippen MR) is 71.6 cm³/mol. The number of carbonyl (C=O) groups excluding carboxylic acids is 1. The summed E-state index contributed by atoms with van der Waals surface area (Å²) in [6.45, 7) is 13.2. The summed E-state index contributed by atoms with van der Waals surface area (Å²) in [5.74, 6) is 0.434. The van der Waals surface area contributed by atoms with Gasteiger partial charge in [0, 0.05) is 12.8 Å². The van der Waals surface area contributed by atoms with Crippen LogP contribution in [-0.2, 0) is 4.79 Å². The lowest BCUT2D eigenvalue weighted by Crippen LogP contribution is -2.12. The zero-order valence-electron chi connectivity index (χ0n) is 12.2. The Balaban J connectivity index is 3.50. The molecule has 0 heterocycles. The minimum Gasteiger partial charge on any atom is -0.300 e. The fraction of sp³-hybridized carbons (Fsp3) is 0.933. The van der Waals surface area contributed by atoms with E-state index >= 15 is 0 Å². The molecular formula is C15H30O. The highest BCUT2D eigenvalue weighted by molar-refractivity contribution is 5.78. The van der Waals surface area contributed by atoms with Crippen LogP contribution in [0.4, 0.5) is 0 Å². The van der Waals surface area contributed by atoms with Gasteiger partial charge in [-0.05, 0) is 23.7 Å². The highest BCUT2D eigenvalue weighted by Crippen LogP contribution is 2.23. The molecule has 0 saturated heterocycles. The Morgan fingerprint density at radius 3 is 1.81 bits per heavy atom. The summed E-state index contributed by atoms with van der Waals surface area (Å²) in [4.78, 5) is 11.6. The summed E-state index contributed by atoms with van der Waals surface area (Å²) in [6, 6.07) is 0. The summed E-state index contributed by atoms with van der Waals surface area (Å²) in [6.07, 6.45) is 6.30. The third kappa shape index (κ3) is 11.7. The first kappa shape index (κ1) is 15.7. The Labute approximate surface area is 102 Å². The Hall–Kier alpha value is -0.330. The van der Waals surface area contributed by atoms with Crippen molar-refractivity contribution in [1.29, 1.82) is 0 Å². The maximum atomic E-state index is 11.6. The molecule has 0 aliphatic heterocycles. The second-order valence-corrected chi connectivity index (χ2v) is 7.40. The largest absolute Gasteiger partial charge is 0.300 e. The van der Waals surface area contributed by atoms with Gasteiger partial charge in [-0.15, -0.1) is 0 Å². The molecule has 0 aromatic rings. The van der Waals surface area contributed by atoms with E-state index < -0.39 is 0 Å². The van der Waals surface area contributed by atoms with Gasteiger partial charge in [0.25, 0.3) is 0 Å². The molecule has 16 heavy (non-hydrogen) atoms. The Morgan fingerprint density at radius 1 is 0.812 bits per heavy atom. The van der Waals surface area contributed by atoms with E-state index in [-0.39, 0.29) is 5.41 Å². The van der Waals surface area contributed by atoms with E-state index in [1.54, 1.807) is 0 Å². The molecular weight excluding hydrogens is 196 g/mol. The van der Waals surface area contributed by atoms with Gasteiger partial charge in [-0.1, -0.05) is 54.4 Å². The topological polar surface area (TPSA) is 17.1 Å². The molecule has 96 valence electrons.